The van der Waals surface area contributed by atoms with E-state index in [1.54, 1.807) is 0 Å². The van der Waals surface area contributed by atoms with Gasteiger partial charge in [0.05, 0.1) is 6.04 Å². The van der Waals surface area contributed by atoms with E-state index in [0.29, 0.717) is 18.2 Å². The number of nitrogens with one attached hydrogen (secondary N) is 1. The van der Waals surface area contributed by atoms with Gasteiger partial charge in [-0.05, 0) is 54.2 Å². The van der Waals surface area contributed by atoms with Crippen molar-refractivity contribution in [3.05, 3.63) is 65.0 Å². The first-order valence-electron chi connectivity index (χ1n) is 11.4. The van der Waals surface area contributed by atoms with E-state index in [9.17, 15) is 45.8 Å². The molecule has 1 amide bonds. The Morgan fingerprint density at radius 1 is 1.05 bits per heavy atom. The maximum atomic E-state index is 14.0. The van der Waals surface area contributed by atoms with Gasteiger partial charge in [-0.1, -0.05) is 25.0 Å². The van der Waals surface area contributed by atoms with Gasteiger partial charge < -0.3 is 10.8 Å². The molecule has 12 heteroatoms. The van der Waals surface area contributed by atoms with Crippen LogP contribution in [-0.2, 0) is 20.8 Å². The maximum absolute atomic E-state index is 14.0. The first-order valence-corrected chi connectivity index (χ1v) is 11.4. The van der Waals surface area contributed by atoms with Crippen molar-refractivity contribution in [2.45, 2.75) is 50.4 Å². The van der Waals surface area contributed by atoms with Gasteiger partial charge in [-0.3, -0.25) is 19.7 Å². The molecule has 1 fully saturated rings. The van der Waals surface area contributed by atoms with Crippen molar-refractivity contribution in [2.75, 3.05) is 0 Å². The number of hydrogen-bond donors (Lipinski definition) is 3. The Hall–Kier alpha value is -3.41. The van der Waals surface area contributed by atoms with E-state index in [4.69, 9.17) is 5.73 Å². The van der Waals surface area contributed by atoms with E-state index >= 15 is 0 Å². The molecular formula is C25H24F6N2O4. The van der Waals surface area contributed by atoms with Crippen molar-refractivity contribution in [2.24, 2.45) is 17.6 Å². The summed E-state index contributed by atoms with van der Waals surface area (Å²) in [5, 5.41) is 11.4. The minimum absolute atomic E-state index is 0.0583. The molecule has 0 aliphatic heterocycles. The first-order chi connectivity index (χ1) is 17.3. The van der Waals surface area contributed by atoms with E-state index in [-0.39, 0.29) is 17.9 Å². The Labute approximate surface area is 207 Å². The van der Waals surface area contributed by atoms with Gasteiger partial charge in [0.15, 0.2) is 23.2 Å². The van der Waals surface area contributed by atoms with Crippen molar-refractivity contribution in [1.82, 2.24) is 5.32 Å². The van der Waals surface area contributed by atoms with E-state index in [1.165, 1.54) is 0 Å². The summed E-state index contributed by atoms with van der Waals surface area (Å²) in [5.41, 5.74) is 4.25. The quantitative estimate of drug-likeness (QED) is 0.284. The van der Waals surface area contributed by atoms with Crippen molar-refractivity contribution in [1.29, 1.82) is 0 Å². The fraction of sp³-hybridized carbons (Fsp3) is 0.400. The van der Waals surface area contributed by atoms with Crippen LogP contribution in [0.4, 0.5) is 26.3 Å². The molecule has 1 saturated carbocycles. The molecule has 1 aliphatic rings. The van der Waals surface area contributed by atoms with E-state index in [2.05, 4.69) is 5.32 Å². The van der Waals surface area contributed by atoms with Crippen LogP contribution in [0.15, 0.2) is 36.4 Å². The van der Waals surface area contributed by atoms with Gasteiger partial charge in [-0.25, -0.2) is 13.2 Å². The molecule has 6 nitrogen and oxygen atoms in total. The summed E-state index contributed by atoms with van der Waals surface area (Å²) in [6.45, 7) is 0. The molecule has 0 unspecified atom stereocenters. The summed E-state index contributed by atoms with van der Waals surface area (Å²) in [6, 6.07) is 0.575. The van der Waals surface area contributed by atoms with Crippen LogP contribution in [0.25, 0.3) is 0 Å². The van der Waals surface area contributed by atoms with E-state index < -0.39 is 83.3 Å². The van der Waals surface area contributed by atoms with Crippen LogP contribution in [0.1, 0.15) is 42.9 Å². The monoisotopic (exact) mass is 530 g/mol. The number of carbonyl (C=O) groups excluding carboxylic acids is 3. The Morgan fingerprint density at radius 3 is 2.19 bits per heavy atom. The van der Waals surface area contributed by atoms with Crippen molar-refractivity contribution < 1.29 is 45.8 Å². The van der Waals surface area contributed by atoms with Gasteiger partial charge in [0.2, 0.25) is 5.78 Å². The van der Waals surface area contributed by atoms with Crippen LogP contribution < -0.4 is 11.1 Å². The number of aromatic hydroxyl groups is 1. The molecule has 2 aromatic carbocycles. The highest BCUT2D eigenvalue weighted by Gasteiger charge is 2.43. The zero-order valence-electron chi connectivity index (χ0n) is 19.3. The topological polar surface area (TPSA) is 109 Å². The fourth-order valence-corrected chi connectivity index (χ4v) is 4.13. The average Bonchev–Trinajstić information content (AvgIpc) is 3.62. The number of ketones is 2. The lowest BCUT2D eigenvalue weighted by molar-refractivity contribution is -0.161. The zero-order chi connectivity index (χ0) is 27.5. The Bertz CT molecular complexity index is 1160. The lowest BCUT2D eigenvalue weighted by atomic mass is 9.87. The second-order valence-corrected chi connectivity index (χ2v) is 9.14. The Morgan fingerprint density at radius 2 is 1.68 bits per heavy atom. The number of Topliss-reactive ketones (excluding diaryl/α,β-unsaturated/α-hetero) is 2. The molecule has 4 N–H and O–H groups in total. The third kappa shape index (κ3) is 7.54. The van der Waals surface area contributed by atoms with E-state index in [1.807, 2.05) is 0 Å². The molecule has 0 aromatic heterocycles. The highest BCUT2D eigenvalue weighted by Crippen LogP contribution is 2.37. The smallest absolute Gasteiger partial charge is 0.407 e. The molecule has 3 rings (SSSR count). The third-order valence-electron chi connectivity index (χ3n) is 6.16. The number of benzene rings is 2. The normalized spacial score (nSPS) is 16.2. The number of nitrogens with two attached hydrogens (primary N) is 1. The van der Waals surface area contributed by atoms with Crippen LogP contribution in [-0.4, -0.2) is 34.8 Å². The molecule has 3 atom stereocenters. The number of phenolic OH excluding ortho intramolecular Hbond substituents is 1. The second kappa shape index (κ2) is 11.3. The largest absolute Gasteiger partial charge is 0.503 e. The van der Waals surface area contributed by atoms with Crippen molar-refractivity contribution in [3.8, 4) is 5.75 Å². The van der Waals surface area contributed by atoms with Gasteiger partial charge in [-0.15, -0.1) is 0 Å². The van der Waals surface area contributed by atoms with Crippen molar-refractivity contribution in [3.63, 3.8) is 0 Å². The molecule has 0 saturated heterocycles. The van der Waals surface area contributed by atoms with Gasteiger partial charge in [0, 0.05) is 12.3 Å². The molecule has 0 spiro atoms. The number of phenols is 1. The fourth-order valence-electron chi connectivity index (χ4n) is 4.13. The van der Waals surface area contributed by atoms with Gasteiger partial charge in [-0.2, -0.15) is 13.2 Å². The number of primary amides is 1. The molecule has 0 heterocycles. The summed E-state index contributed by atoms with van der Waals surface area (Å²) < 4.78 is 83.5. The first kappa shape index (κ1) is 28.2. The van der Waals surface area contributed by atoms with E-state index in [0.717, 1.165) is 31.0 Å². The lowest BCUT2D eigenvalue weighted by Gasteiger charge is -2.28. The van der Waals surface area contributed by atoms with Gasteiger partial charge >= 0.3 is 6.18 Å². The number of alkyl halides is 3. The summed E-state index contributed by atoms with van der Waals surface area (Å²) in [4.78, 5) is 37.0. The van der Waals surface area contributed by atoms with Crippen LogP contribution in [0.2, 0.25) is 0 Å². The predicted molar refractivity (Wildman–Crippen MR) is 119 cm³/mol. The SMILES string of the molecule is NC(=O)C(=O)[C@@H](CC(=O)[C@H](Cc1cc(F)c(O)c(F)c1)N[C@@H](c1cccc(F)c1)C(F)(F)F)CC1CC1. The van der Waals surface area contributed by atoms with Crippen LogP contribution in [0, 0.1) is 29.3 Å². The van der Waals surface area contributed by atoms with Gasteiger partial charge in [0.1, 0.15) is 11.9 Å². The van der Waals surface area contributed by atoms with Crippen LogP contribution in [0.5, 0.6) is 5.75 Å². The lowest BCUT2D eigenvalue weighted by Crippen LogP contribution is -2.47. The molecule has 200 valence electrons. The summed E-state index contributed by atoms with van der Waals surface area (Å²) in [7, 11) is 0. The highest BCUT2D eigenvalue weighted by atomic mass is 19.4. The molecular weight excluding hydrogens is 506 g/mol. The number of amides is 1. The average molecular weight is 530 g/mol. The minimum atomic E-state index is -5.02. The predicted octanol–water partition coefficient (Wildman–Crippen LogP) is 4.04. The number of halogens is 6. The number of carbonyl (C=O) groups is 3. The molecule has 0 bridgehead atoms. The number of hydrogen-bond acceptors (Lipinski definition) is 5. The summed E-state index contributed by atoms with van der Waals surface area (Å²) in [5.74, 6) is -9.45. The van der Waals surface area contributed by atoms with Gasteiger partial charge in [0.25, 0.3) is 5.91 Å². The molecule has 1 aliphatic carbocycles. The molecule has 0 radical (unpaired) electrons. The molecule has 2 aromatic rings. The standard InChI is InChI=1S/C25H24F6N2O4/c26-16-3-1-2-14(10-16)23(25(29,30)31)33-19(9-13-7-17(27)22(36)18(28)8-13)20(34)11-15(6-12-4-5-12)21(35)24(32)37/h1-3,7-8,10,12,15,19,23,33,36H,4-6,9,11H2,(H2,32,37)/t15-,19+,23+/m1/s1. The minimum Gasteiger partial charge on any atom is -0.503 e. The second-order valence-electron chi connectivity index (χ2n) is 9.14. The van der Waals surface area contributed by atoms with Crippen molar-refractivity contribution >= 4 is 17.5 Å². The van der Waals surface area contributed by atoms with Crippen LogP contribution in [0.3, 0.4) is 0 Å². The Balaban J connectivity index is 1.96. The highest BCUT2D eigenvalue weighted by molar-refractivity contribution is 6.36. The van der Waals surface area contributed by atoms with Crippen LogP contribution >= 0.6 is 0 Å². The maximum Gasteiger partial charge on any atom is 0.407 e. The number of rotatable bonds is 12. The Kier molecular flexibility index (Phi) is 8.62. The summed E-state index contributed by atoms with van der Waals surface area (Å²) >= 11 is 0. The zero-order valence-corrected chi connectivity index (χ0v) is 19.3. The third-order valence-corrected chi connectivity index (χ3v) is 6.16. The summed E-state index contributed by atoms with van der Waals surface area (Å²) in [6.07, 6.45) is -4.70. The molecule has 37 heavy (non-hydrogen) atoms.